The zero-order chi connectivity index (χ0) is 17.1. The number of amides is 1. The van der Waals surface area contributed by atoms with Crippen LogP contribution in [0.4, 0.5) is 11.4 Å². The molecular weight excluding hydrogens is 328 g/mol. The highest BCUT2D eigenvalue weighted by molar-refractivity contribution is 6.30. The van der Waals surface area contributed by atoms with Gasteiger partial charge in [-0.25, -0.2) is 4.79 Å². The molecule has 0 bridgehead atoms. The number of fused-ring (bicyclic) bond motifs is 1. The lowest BCUT2D eigenvalue weighted by atomic mass is 10.1. The number of hydrogen-bond acceptors (Lipinski definition) is 4. The van der Waals surface area contributed by atoms with Crippen LogP contribution in [-0.2, 0) is 11.2 Å². The molecule has 3 rings (SSSR count). The molecule has 2 aromatic carbocycles. The Morgan fingerprint density at radius 2 is 1.79 bits per heavy atom. The van der Waals surface area contributed by atoms with Crippen LogP contribution in [0.2, 0.25) is 5.02 Å². The maximum absolute atomic E-state index is 12.3. The van der Waals surface area contributed by atoms with Crippen LogP contribution >= 0.6 is 11.6 Å². The number of hydrogen-bond donors (Lipinski definition) is 2. The number of carbonyl (C=O) groups is 1. The maximum Gasteiger partial charge on any atom is 0.362 e. The molecule has 2 N–H and O–H groups in total. The van der Waals surface area contributed by atoms with E-state index < -0.39 is 5.63 Å². The highest BCUT2D eigenvalue weighted by atomic mass is 35.5. The third-order valence-electron chi connectivity index (χ3n) is 3.61. The van der Waals surface area contributed by atoms with Crippen LogP contribution in [0.3, 0.4) is 0 Å². The molecule has 0 aliphatic rings. The van der Waals surface area contributed by atoms with E-state index >= 15 is 0 Å². The van der Waals surface area contributed by atoms with Gasteiger partial charge in [0.15, 0.2) is 5.69 Å². The molecule has 0 unspecified atom stereocenters. The minimum atomic E-state index is -0.595. The molecule has 0 atom stereocenters. The molecule has 1 amide bonds. The van der Waals surface area contributed by atoms with Gasteiger partial charge in [-0.05, 0) is 29.8 Å². The molecule has 6 heteroatoms. The third-order valence-corrected chi connectivity index (χ3v) is 3.86. The first kappa shape index (κ1) is 16.1. The van der Waals surface area contributed by atoms with Gasteiger partial charge in [0.2, 0.25) is 5.91 Å². The van der Waals surface area contributed by atoms with E-state index in [2.05, 4.69) is 10.6 Å². The van der Waals surface area contributed by atoms with Crippen molar-refractivity contribution in [2.24, 2.45) is 0 Å². The lowest BCUT2D eigenvalue weighted by Crippen LogP contribution is -2.21. The molecule has 3 aromatic rings. The Labute approximate surface area is 143 Å². The van der Waals surface area contributed by atoms with E-state index in [4.69, 9.17) is 16.0 Å². The average molecular weight is 343 g/mol. The van der Waals surface area contributed by atoms with Crippen molar-refractivity contribution in [2.75, 3.05) is 17.7 Å². The van der Waals surface area contributed by atoms with Crippen molar-refractivity contribution in [2.45, 2.75) is 6.42 Å². The van der Waals surface area contributed by atoms with Gasteiger partial charge in [0.25, 0.3) is 0 Å². The molecule has 5 nitrogen and oxygen atoms in total. The highest BCUT2D eigenvalue weighted by Gasteiger charge is 2.16. The van der Waals surface area contributed by atoms with E-state index in [1.165, 1.54) is 0 Å². The molecule has 122 valence electrons. The van der Waals surface area contributed by atoms with Crippen LogP contribution in [0.15, 0.2) is 57.7 Å². The van der Waals surface area contributed by atoms with Gasteiger partial charge < -0.3 is 15.1 Å². The quantitative estimate of drug-likeness (QED) is 0.710. The standard InChI is InChI=1S/C18H15ClN2O3/c1-20-16-13-4-2-3-5-14(13)24-18(23)17(16)21-15(22)10-11-6-8-12(19)9-7-11/h2-9,20H,10H2,1H3,(H,21,22). The van der Waals surface area contributed by atoms with Crippen LogP contribution in [-0.4, -0.2) is 13.0 Å². The number of carbonyl (C=O) groups excluding carboxylic acids is 1. The van der Waals surface area contributed by atoms with Gasteiger partial charge in [-0.1, -0.05) is 35.9 Å². The second kappa shape index (κ2) is 6.76. The lowest BCUT2D eigenvalue weighted by Gasteiger charge is -2.12. The van der Waals surface area contributed by atoms with Crippen molar-refractivity contribution in [1.82, 2.24) is 0 Å². The first-order valence-electron chi connectivity index (χ1n) is 7.36. The van der Waals surface area contributed by atoms with E-state index in [1.807, 2.05) is 12.1 Å². The lowest BCUT2D eigenvalue weighted by molar-refractivity contribution is -0.115. The van der Waals surface area contributed by atoms with Gasteiger partial charge in [-0.15, -0.1) is 0 Å². The molecule has 0 saturated heterocycles. The highest BCUT2D eigenvalue weighted by Crippen LogP contribution is 2.28. The minimum Gasteiger partial charge on any atom is -0.421 e. The van der Waals surface area contributed by atoms with Gasteiger partial charge in [0, 0.05) is 17.5 Å². The number of rotatable bonds is 4. The molecule has 0 aliphatic heterocycles. The summed E-state index contributed by atoms with van der Waals surface area (Å²) < 4.78 is 5.27. The van der Waals surface area contributed by atoms with Gasteiger partial charge in [-0.3, -0.25) is 4.79 Å². The normalized spacial score (nSPS) is 10.6. The fourth-order valence-electron chi connectivity index (χ4n) is 2.49. The molecule has 24 heavy (non-hydrogen) atoms. The molecule has 0 aliphatic carbocycles. The molecule has 0 fully saturated rings. The fraction of sp³-hybridized carbons (Fsp3) is 0.111. The Bertz CT molecular complexity index is 949. The summed E-state index contributed by atoms with van der Waals surface area (Å²) in [6.07, 6.45) is 0.132. The topological polar surface area (TPSA) is 71.3 Å². The Morgan fingerprint density at radius 3 is 2.50 bits per heavy atom. The van der Waals surface area contributed by atoms with Gasteiger partial charge in [0.05, 0.1) is 12.1 Å². The second-order valence-electron chi connectivity index (χ2n) is 5.24. The average Bonchev–Trinajstić information content (AvgIpc) is 2.57. The van der Waals surface area contributed by atoms with E-state index in [0.29, 0.717) is 16.3 Å². The van der Waals surface area contributed by atoms with Crippen molar-refractivity contribution in [3.63, 3.8) is 0 Å². The summed E-state index contributed by atoms with van der Waals surface area (Å²) in [6.45, 7) is 0. The largest absolute Gasteiger partial charge is 0.421 e. The van der Waals surface area contributed by atoms with Crippen LogP contribution in [0.25, 0.3) is 11.0 Å². The van der Waals surface area contributed by atoms with Crippen molar-refractivity contribution in [3.05, 3.63) is 69.5 Å². The predicted octanol–water partition coefficient (Wildman–Crippen LogP) is 3.67. The monoisotopic (exact) mass is 342 g/mol. The van der Waals surface area contributed by atoms with Gasteiger partial charge >= 0.3 is 5.63 Å². The number of benzene rings is 2. The molecule has 0 radical (unpaired) electrons. The summed E-state index contributed by atoms with van der Waals surface area (Å²) in [7, 11) is 1.69. The van der Waals surface area contributed by atoms with Crippen molar-refractivity contribution in [3.8, 4) is 0 Å². The molecule has 0 spiro atoms. The Kier molecular flexibility index (Phi) is 4.53. The van der Waals surface area contributed by atoms with Crippen LogP contribution in [0.1, 0.15) is 5.56 Å². The minimum absolute atomic E-state index is 0.107. The second-order valence-corrected chi connectivity index (χ2v) is 5.67. The number of halogens is 1. The molecule has 1 heterocycles. The van der Waals surface area contributed by atoms with E-state index in [0.717, 1.165) is 10.9 Å². The fourth-order valence-corrected chi connectivity index (χ4v) is 2.62. The Hall–Kier alpha value is -2.79. The smallest absolute Gasteiger partial charge is 0.362 e. The van der Waals surface area contributed by atoms with E-state index in [1.54, 1.807) is 43.4 Å². The molecular formula is C18H15ClN2O3. The zero-order valence-electron chi connectivity index (χ0n) is 12.9. The van der Waals surface area contributed by atoms with Crippen molar-refractivity contribution < 1.29 is 9.21 Å². The van der Waals surface area contributed by atoms with E-state index in [9.17, 15) is 9.59 Å². The van der Waals surface area contributed by atoms with Gasteiger partial charge in [0.1, 0.15) is 5.58 Å². The number of para-hydroxylation sites is 1. The number of nitrogens with one attached hydrogen (secondary N) is 2. The van der Waals surface area contributed by atoms with Crippen LogP contribution in [0, 0.1) is 0 Å². The summed E-state index contributed by atoms with van der Waals surface area (Å²) in [6, 6.07) is 14.1. The van der Waals surface area contributed by atoms with E-state index in [-0.39, 0.29) is 18.0 Å². The first-order chi connectivity index (χ1) is 11.6. The zero-order valence-corrected chi connectivity index (χ0v) is 13.7. The maximum atomic E-state index is 12.3. The summed E-state index contributed by atoms with van der Waals surface area (Å²) in [5, 5.41) is 6.94. The molecule has 0 saturated carbocycles. The summed E-state index contributed by atoms with van der Waals surface area (Å²) in [5.41, 5.74) is 1.31. The summed E-state index contributed by atoms with van der Waals surface area (Å²) in [5.74, 6) is -0.309. The SMILES string of the molecule is CNc1c(NC(=O)Cc2ccc(Cl)cc2)c(=O)oc2ccccc12. The first-order valence-corrected chi connectivity index (χ1v) is 7.74. The Morgan fingerprint density at radius 1 is 1.08 bits per heavy atom. The van der Waals surface area contributed by atoms with Gasteiger partial charge in [-0.2, -0.15) is 0 Å². The predicted molar refractivity (Wildman–Crippen MR) is 95.8 cm³/mol. The van der Waals surface area contributed by atoms with Crippen molar-refractivity contribution in [1.29, 1.82) is 0 Å². The third kappa shape index (κ3) is 3.26. The summed E-state index contributed by atoms with van der Waals surface area (Å²) >= 11 is 5.83. The van der Waals surface area contributed by atoms with Crippen LogP contribution in [0.5, 0.6) is 0 Å². The van der Waals surface area contributed by atoms with Crippen molar-refractivity contribution >= 4 is 39.9 Å². The molecule has 1 aromatic heterocycles. The summed E-state index contributed by atoms with van der Waals surface area (Å²) in [4.78, 5) is 24.5. The van der Waals surface area contributed by atoms with Crippen LogP contribution < -0.4 is 16.3 Å². The Balaban J connectivity index is 1.91. The number of anilines is 2.